The second-order valence-electron chi connectivity index (χ2n) is 4.65. The SMILES string of the molecule is Cc1ccnc(C(N)c2c(Cl)cnn2C(C)C)c1. The minimum atomic E-state index is -0.359. The molecule has 2 aromatic heterocycles. The molecule has 18 heavy (non-hydrogen) atoms. The fraction of sp³-hybridized carbons (Fsp3) is 0.385. The summed E-state index contributed by atoms with van der Waals surface area (Å²) in [6.07, 6.45) is 3.39. The molecule has 4 nitrogen and oxygen atoms in total. The smallest absolute Gasteiger partial charge is 0.0912 e. The van der Waals surface area contributed by atoms with Gasteiger partial charge in [0, 0.05) is 12.2 Å². The monoisotopic (exact) mass is 264 g/mol. The van der Waals surface area contributed by atoms with Gasteiger partial charge in [0.2, 0.25) is 0 Å². The van der Waals surface area contributed by atoms with E-state index in [0.29, 0.717) is 5.02 Å². The molecule has 0 saturated heterocycles. The van der Waals surface area contributed by atoms with Gasteiger partial charge in [-0.3, -0.25) is 9.67 Å². The fourth-order valence-electron chi connectivity index (χ4n) is 1.92. The van der Waals surface area contributed by atoms with Gasteiger partial charge in [-0.2, -0.15) is 5.10 Å². The van der Waals surface area contributed by atoms with E-state index in [1.807, 2.05) is 37.6 Å². The van der Waals surface area contributed by atoms with E-state index < -0.39 is 0 Å². The normalized spacial score (nSPS) is 13.0. The van der Waals surface area contributed by atoms with E-state index in [9.17, 15) is 0 Å². The van der Waals surface area contributed by atoms with Crippen LogP contribution < -0.4 is 5.73 Å². The summed E-state index contributed by atoms with van der Waals surface area (Å²) in [5.74, 6) is 0. The summed E-state index contributed by atoms with van der Waals surface area (Å²) >= 11 is 6.18. The highest BCUT2D eigenvalue weighted by atomic mass is 35.5. The Hall–Kier alpha value is -1.39. The Morgan fingerprint density at radius 3 is 2.72 bits per heavy atom. The summed E-state index contributed by atoms with van der Waals surface area (Å²) in [4.78, 5) is 4.31. The molecule has 0 saturated carbocycles. The van der Waals surface area contributed by atoms with Crippen LogP contribution in [0.25, 0.3) is 0 Å². The Kier molecular flexibility index (Phi) is 3.68. The molecule has 2 N–H and O–H groups in total. The van der Waals surface area contributed by atoms with E-state index in [1.165, 1.54) is 0 Å². The van der Waals surface area contributed by atoms with Crippen molar-refractivity contribution in [1.29, 1.82) is 0 Å². The van der Waals surface area contributed by atoms with Gasteiger partial charge in [-0.1, -0.05) is 11.6 Å². The number of aromatic nitrogens is 3. The molecular weight excluding hydrogens is 248 g/mol. The maximum absolute atomic E-state index is 6.26. The van der Waals surface area contributed by atoms with Gasteiger partial charge in [-0.25, -0.2) is 0 Å². The summed E-state index contributed by atoms with van der Waals surface area (Å²) in [5, 5.41) is 4.84. The lowest BCUT2D eigenvalue weighted by atomic mass is 10.1. The Morgan fingerprint density at radius 1 is 1.39 bits per heavy atom. The zero-order valence-electron chi connectivity index (χ0n) is 10.8. The highest BCUT2D eigenvalue weighted by Gasteiger charge is 2.20. The summed E-state index contributed by atoms with van der Waals surface area (Å²) < 4.78 is 1.84. The van der Waals surface area contributed by atoms with Gasteiger partial charge in [0.15, 0.2) is 0 Å². The standard InChI is InChI=1S/C13H17ClN4/c1-8(2)18-13(10(14)7-17-18)12(15)11-6-9(3)4-5-16-11/h4-8,12H,15H2,1-3H3. The predicted molar refractivity (Wildman–Crippen MR) is 72.6 cm³/mol. The Morgan fingerprint density at radius 2 is 2.11 bits per heavy atom. The molecule has 2 aromatic rings. The van der Waals surface area contributed by atoms with E-state index in [1.54, 1.807) is 12.4 Å². The third-order valence-corrected chi connectivity index (χ3v) is 3.12. The minimum Gasteiger partial charge on any atom is -0.318 e. The Bertz CT molecular complexity index is 548. The van der Waals surface area contributed by atoms with Crippen molar-refractivity contribution in [2.45, 2.75) is 32.9 Å². The number of rotatable bonds is 3. The van der Waals surface area contributed by atoms with Gasteiger partial charge in [0.25, 0.3) is 0 Å². The topological polar surface area (TPSA) is 56.7 Å². The molecule has 0 bridgehead atoms. The zero-order valence-corrected chi connectivity index (χ0v) is 11.5. The average Bonchev–Trinajstić information content (AvgIpc) is 2.70. The summed E-state index contributed by atoms with van der Waals surface area (Å²) in [5.41, 5.74) is 9.00. The molecule has 96 valence electrons. The third kappa shape index (κ3) is 2.40. The van der Waals surface area contributed by atoms with Crippen molar-refractivity contribution >= 4 is 11.6 Å². The molecule has 5 heteroatoms. The molecule has 1 unspecified atom stereocenters. The number of hydrogen-bond donors (Lipinski definition) is 1. The quantitative estimate of drug-likeness (QED) is 0.927. The summed E-state index contributed by atoms with van der Waals surface area (Å²) in [6, 6.07) is 3.77. The number of pyridine rings is 1. The van der Waals surface area contributed by atoms with E-state index in [2.05, 4.69) is 10.1 Å². The Balaban J connectivity index is 2.45. The lowest BCUT2D eigenvalue weighted by Crippen LogP contribution is -2.20. The van der Waals surface area contributed by atoms with Crippen LogP contribution in [-0.2, 0) is 0 Å². The van der Waals surface area contributed by atoms with Crippen LogP contribution in [0.15, 0.2) is 24.5 Å². The molecule has 2 heterocycles. The van der Waals surface area contributed by atoms with E-state index in [0.717, 1.165) is 17.0 Å². The van der Waals surface area contributed by atoms with Crippen LogP contribution in [0.5, 0.6) is 0 Å². The van der Waals surface area contributed by atoms with E-state index in [-0.39, 0.29) is 12.1 Å². The maximum atomic E-state index is 6.26. The zero-order chi connectivity index (χ0) is 13.3. The molecular formula is C13H17ClN4. The van der Waals surface area contributed by atoms with Crippen molar-refractivity contribution in [3.8, 4) is 0 Å². The van der Waals surface area contributed by atoms with Crippen LogP contribution >= 0.6 is 11.6 Å². The number of nitrogens with zero attached hydrogens (tertiary/aromatic N) is 3. The average molecular weight is 265 g/mol. The number of hydrogen-bond acceptors (Lipinski definition) is 3. The second-order valence-corrected chi connectivity index (χ2v) is 5.06. The number of nitrogens with two attached hydrogens (primary N) is 1. The summed E-state index contributed by atoms with van der Waals surface area (Å²) in [6.45, 7) is 6.10. The molecule has 2 rings (SSSR count). The van der Waals surface area contributed by atoms with Gasteiger partial charge >= 0.3 is 0 Å². The van der Waals surface area contributed by atoms with E-state index >= 15 is 0 Å². The second kappa shape index (κ2) is 5.08. The van der Waals surface area contributed by atoms with Crippen LogP contribution in [0.2, 0.25) is 5.02 Å². The first-order valence-electron chi connectivity index (χ1n) is 5.91. The first-order valence-corrected chi connectivity index (χ1v) is 6.29. The largest absolute Gasteiger partial charge is 0.318 e. The fourth-order valence-corrected chi connectivity index (χ4v) is 2.17. The van der Waals surface area contributed by atoms with Crippen LogP contribution in [-0.4, -0.2) is 14.8 Å². The molecule has 0 fully saturated rings. The molecule has 0 aromatic carbocycles. The number of halogens is 1. The molecule has 0 aliphatic rings. The van der Waals surface area contributed by atoms with Crippen LogP contribution in [0.3, 0.4) is 0 Å². The number of aryl methyl sites for hydroxylation is 1. The minimum absolute atomic E-state index is 0.211. The van der Waals surface area contributed by atoms with Gasteiger partial charge < -0.3 is 5.73 Å². The van der Waals surface area contributed by atoms with Crippen molar-refractivity contribution in [3.05, 3.63) is 46.5 Å². The first kappa shape index (κ1) is 13.1. The predicted octanol–water partition coefficient (Wildman–Crippen LogP) is 2.87. The molecule has 0 spiro atoms. The van der Waals surface area contributed by atoms with Crippen molar-refractivity contribution in [2.24, 2.45) is 5.73 Å². The lowest BCUT2D eigenvalue weighted by Gasteiger charge is -2.17. The van der Waals surface area contributed by atoms with Gasteiger partial charge in [0.05, 0.1) is 28.6 Å². The highest BCUT2D eigenvalue weighted by molar-refractivity contribution is 6.31. The lowest BCUT2D eigenvalue weighted by molar-refractivity contribution is 0.497. The third-order valence-electron chi connectivity index (χ3n) is 2.83. The van der Waals surface area contributed by atoms with Crippen LogP contribution in [0, 0.1) is 6.92 Å². The molecule has 0 aliphatic carbocycles. The molecule has 1 atom stereocenters. The van der Waals surface area contributed by atoms with Gasteiger partial charge in [-0.05, 0) is 38.5 Å². The molecule has 0 amide bonds. The van der Waals surface area contributed by atoms with Gasteiger partial charge in [-0.15, -0.1) is 0 Å². The maximum Gasteiger partial charge on any atom is 0.0912 e. The van der Waals surface area contributed by atoms with E-state index in [4.69, 9.17) is 17.3 Å². The molecule has 0 aliphatic heterocycles. The highest BCUT2D eigenvalue weighted by Crippen LogP contribution is 2.27. The van der Waals surface area contributed by atoms with Crippen molar-refractivity contribution in [1.82, 2.24) is 14.8 Å². The summed E-state index contributed by atoms with van der Waals surface area (Å²) in [7, 11) is 0. The van der Waals surface area contributed by atoms with Crippen molar-refractivity contribution < 1.29 is 0 Å². The molecule has 0 radical (unpaired) electrons. The van der Waals surface area contributed by atoms with Crippen LogP contribution in [0.1, 0.15) is 42.9 Å². The van der Waals surface area contributed by atoms with Gasteiger partial charge in [0.1, 0.15) is 0 Å². The van der Waals surface area contributed by atoms with Crippen molar-refractivity contribution in [3.63, 3.8) is 0 Å². The van der Waals surface area contributed by atoms with Crippen LogP contribution in [0.4, 0.5) is 0 Å². The van der Waals surface area contributed by atoms with Crippen molar-refractivity contribution in [2.75, 3.05) is 0 Å². The Labute approximate surface area is 112 Å². The first-order chi connectivity index (χ1) is 8.50.